The zero-order valence-electron chi connectivity index (χ0n) is 55.2. The molecule has 7 heteroatoms. The van der Waals surface area contributed by atoms with Gasteiger partial charge in [-0.3, -0.25) is 9.97 Å². The second kappa shape index (κ2) is 25.0. The lowest BCUT2D eigenvalue weighted by molar-refractivity contribution is 0.669. The molecule has 0 fully saturated rings. The Morgan fingerprint density at radius 2 is 0.676 bits per heavy atom. The molecule has 1 spiro atoms. The Bertz CT molecular complexity index is 6200. The molecule has 18 aromatic rings. The van der Waals surface area contributed by atoms with E-state index in [0.717, 1.165) is 117 Å². The highest BCUT2D eigenvalue weighted by Crippen LogP contribution is 2.63. The zero-order valence-corrected chi connectivity index (χ0v) is 55.2. The number of rotatable bonds is 10. The molecule has 0 radical (unpaired) electrons. The van der Waals surface area contributed by atoms with Gasteiger partial charge in [-0.2, -0.15) is 0 Å². The zero-order chi connectivity index (χ0) is 67.5. The SMILES string of the molecule is c1ccc(-c2cccc(-c3nc(-c4ccccc4)cc(-c4cccc(-c5ccc6c(c5)C5(c7ccccc7-c7ccccc75)c5ccncc5-6)c4)n3)c2)cc1.c1cncc(-c2cccc(-c3cc(-c4ccc(-c5cccc6ccccc56)cc4)nc(-c4cccc5c4oc4ccccc45)n3)c2)c1. The van der Waals surface area contributed by atoms with Crippen molar-refractivity contribution in [3.05, 3.63) is 387 Å². The van der Waals surface area contributed by atoms with Crippen LogP contribution in [0.5, 0.6) is 0 Å². The summed E-state index contributed by atoms with van der Waals surface area (Å²) >= 11 is 0. The van der Waals surface area contributed by atoms with E-state index in [9.17, 15) is 0 Å². The summed E-state index contributed by atoms with van der Waals surface area (Å²) in [5, 5.41) is 4.59. The fourth-order valence-electron chi connectivity index (χ4n) is 15.4. The molecule has 0 aliphatic heterocycles. The first kappa shape index (κ1) is 59.6. The molecule has 5 heterocycles. The summed E-state index contributed by atoms with van der Waals surface area (Å²) in [5.74, 6) is 1.32. The Hall–Kier alpha value is -13.6. The van der Waals surface area contributed by atoms with Gasteiger partial charge in [0, 0.05) is 74.5 Å². The minimum absolute atomic E-state index is 0.422. The van der Waals surface area contributed by atoms with Crippen molar-refractivity contribution in [1.29, 1.82) is 0 Å². The lowest BCUT2D eigenvalue weighted by Crippen LogP contribution is -2.25. The van der Waals surface area contributed by atoms with Gasteiger partial charge in [0.25, 0.3) is 0 Å². The van der Waals surface area contributed by atoms with Gasteiger partial charge in [-0.05, 0) is 149 Å². The van der Waals surface area contributed by atoms with Crippen molar-refractivity contribution < 1.29 is 4.42 Å². The van der Waals surface area contributed by atoms with Crippen LogP contribution in [0.2, 0.25) is 0 Å². The largest absolute Gasteiger partial charge is 0.455 e. The highest BCUT2D eigenvalue weighted by Gasteiger charge is 2.51. The molecule has 7 nitrogen and oxygen atoms in total. The van der Waals surface area contributed by atoms with Crippen LogP contribution in [0.4, 0.5) is 0 Å². The number of pyridine rings is 2. The van der Waals surface area contributed by atoms with Gasteiger partial charge in [0.15, 0.2) is 11.6 Å². The first-order valence-electron chi connectivity index (χ1n) is 34.4. The van der Waals surface area contributed by atoms with E-state index in [4.69, 9.17) is 24.4 Å². The van der Waals surface area contributed by atoms with Gasteiger partial charge in [0.2, 0.25) is 0 Å². The smallest absolute Gasteiger partial charge is 0.164 e. The fourth-order valence-corrected chi connectivity index (χ4v) is 15.4. The number of hydrogen-bond acceptors (Lipinski definition) is 7. The molecule has 0 N–H and O–H groups in total. The van der Waals surface area contributed by atoms with Crippen LogP contribution in [-0.2, 0) is 5.41 Å². The van der Waals surface area contributed by atoms with Crippen molar-refractivity contribution in [2.75, 3.05) is 0 Å². The highest BCUT2D eigenvalue weighted by atomic mass is 16.3. The van der Waals surface area contributed by atoms with E-state index in [1.165, 1.54) is 60.8 Å². The summed E-state index contributed by atoms with van der Waals surface area (Å²) in [7, 11) is 0. The van der Waals surface area contributed by atoms with E-state index < -0.39 is 5.41 Å². The van der Waals surface area contributed by atoms with Crippen LogP contribution in [0.1, 0.15) is 22.3 Å². The molecule has 0 saturated heterocycles. The van der Waals surface area contributed by atoms with E-state index in [-0.39, 0.29) is 0 Å². The molecule has 20 rings (SSSR count). The predicted octanol–water partition coefficient (Wildman–Crippen LogP) is 23.8. The first-order chi connectivity index (χ1) is 50.5. The normalized spacial score (nSPS) is 12.2. The molecular formula is C95H60N6O. The molecular weight excluding hydrogens is 1240 g/mol. The quantitative estimate of drug-likeness (QED) is 0.135. The van der Waals surface area contributed by atoms with E-state index in [1.807, 2.05) is 61.1 Å². The number of nitrogens with zero attached hydrogens (tertiary/aromatic N) is 6. The maximum atomic E-state index is 6.42. The molecule has 2 aliphatic rings. The Balaban J connectivity index is 0.000000143. The standard InChI is InChI=1S/C52H33N3.C43H27N3O/c1-3-13-34(14-4-1)36-17-12-20-40(30-36)51-54-49(35-15-5-2-6-16-35)32-50(55-51)39-19-11-18-37(29-39)38-25-26-43-44-33-53-28-27-47(44)52(48(43)31-38)45-23-9-7-21-41(45)42-22-8-10-24-46(42)52;1-2-14-34-28(9-1)10-6-16-35(34)29-20-22-30(23-21-29)39-26-40(32-12-5-11-31(25-32)33-13-8-24-44-27-33)46-43(45-39)38-18-7-17-37-36-15-3-4-19-41(36)47-42(37)38/h1-33H;1-27H. The van der Waals surface area contributed by atoms with Gasteiger partial charge >= 0.3 is 0 Å². The van der Waals surface area contributed by atoms with Gasteiger partial charge in [0.1, 0.15) is 11.2 Å². The van der Waals surface area contributed by atoms with E-state index in [1.54, 1.807) is 6.20 Å². The topological polar surface area (TPSA) is 90.5 Å². The van der Waals surface area contributed by atoms with E-state index in [0.29, 0.717) is 11.6 Å². The molecule has 0 bridgehead atoms. The minimum atomic E-state index is -0.422. The molecule has 0 saturated carbocycles. The number of fused-ring (bicyclic) bond motifs is 14. The molecule has 0 amide bonds. The summed E-state index contributed by atoms with van der Waals surface area (Å²) in [4.78, 5) is 29.7. The average molecular weight is 1300 g/mol. The van der Waals surface area contributed by atoms with Crippen molar-refractivity contribution in [1.82, 2.24) is 29.9 Å². The molecule has 102 heavy (non-hydrogen) atoms. The van der Waals surface area contributed by atoms with Crippen molar-refractivity contribution >= 4 is 32.7 Å². The number of benzene rings is 13. The summed E-state index contributed by atoms with van der Waals surface area (Å²) in [6, 6.07) is 120. The lowest BCUT2D eigenvalue weighted by atomic mass is 9.70. The van der Waals surface area contributed by atoms with Crippen LogP contribution >= 0.6 is 0 Å². The van der Waals surface area contributed by atoms with Gasteiger partial charge in [-0.1, -0.05) is 279 Å². The van der Waals surface area contributed by atoms with Crippen LogP contribution in [0.25, 0.3) is 167 Å². The average Bonchev–Trinajstić information content (AvgIpc) is 1.51. The third kappa shape index (κ3) is 10.4. The van der Waals surface area contributed by atoms with Gasteiger partial charge in [-0.15, -0.1) is 0 Å². The summed E-state index contributed by atoms with van der Waals surface area (Å²) in [6.45, 7) is 0. The maximum absolute atomic E-state index is 6.42. The van der Waals surface area contributed by atoms with Crippen molar-refractivity contribution in [3.8, 4) is 135 Å². The molecule has 0 unspecified atom stereocenters. The highest BCUT2D eigenvalue weighted by molar-refractivity contribution is 6.09. The number of aromatic nitrogens is 6. The minimum Gasteiger partial charge on any atom is -0.455 e. The lowest BCUT2D eigenvalue weighted by Gasteiger charge is -2.30. The molecule has 2 aliphatic carbocycles. The van der Waals surface area contributed by atoms with Crippen LogP contribution in [0.3, 0.4) is 0 Å². The van der Waals surface area contributed by atoms with Crippen LogP contribution in [0, 0.1) is 0 Å². The summed E-state index contributed by atoms with van der Waals surface area (Å²) in [6.07, 6.45) is 7.66. The Morgan fingerprint density at radius 3 is 1.39 bits per heavy atom. The van der Waals surface area contributed by atoms with Gasteiger partial charge < -0.3 is 4.42 Å². The van der Waals surface area contributed by atoms with Crippen molar-refractivity contribution in [3.63, 3.8) is 0 Å². The Labute approximate surface area is 590 Å². The monoisotopic (exact) mass is 1300 g/mol. The number of para-hydroxylation sites is 2. The first-order valence-corrected chi connectivity index (χ1v) is 34.4. The van der Waals surface area contributed by atoms with E-state index >= 15 is 0 Å². The van der Waals surface area contributed by atoms with Gasteiger partial charge in [-0.25, -0.2) is 19.9 Å². The number of furan rings is 1. The summed E-state index contributed by atoms with van der Waals surface area (Å²) in [5.41, 5.74) is 30.0. The predicted molar refractivity (Wildman–Crippen MR) is 415 cm³/mol. The third-order valence-electron chi connectivity index (χ3n) is 20.2. The number of hydrogen-bond donors (Lipinski definition) is 0. The second-order valence-corrected chi connectivity index (χ2v) is 26.0. The van der Waals surface area contributed by atoms with Crippen LogP contribution in [0.15, 0.2) is 369 Å². The molecule has 476 valence electrons. The Morgan fingerprint density at radius 1 is 0.225 bits per heavy atom. The van der Waals surface area contributed by atoms with Crippen LogP contribution < -0.4 is 0 Å². The van der Waals surface area contributed by atoms with E-state index in [2.05, 4.69) is 307 Å². The van der Waals surface area contributed by atoms with Crippen molar-refractivity contribution in [2.24, 2.45) is 0 Å². The maximum Gasteiger partial charge on any atom is 0.164 e. The summed E-state index contributed by atoms with van der Waals surface area (Å²) < 4.78 is 6.42. The van der Waals surface area contributed by atoms with Crippen molar-refractivity contribution in [2.45, 2.75) is 5.41 Å². The molecule has 13 aromatic carbocycles. The van der Waals surface area contributed by atoms with Gasteiger partial charge in [0.05, 0.1) is 33.8 Å². The molecule has 0 atom stereocenters. The fraction of sp³-hybridized carbons (Fsp3) is 0.0105. The third-order valence-corrected chi connectivity index (χ3v) is 20.2. The second-order valence-electron chi connectivity index (χ2n) is 26.0. The molecule has 5 aromatic heterocycles. The Kier molecular flexibility index (Phi) is 14.6. The van der Waals surface area contributed by atoms with Crippen LogP contribution in [-0.4, -0.2) is 29.9 Å².